The van der Waals surface area contributed by atoms with Crippen molar-refractivity contribution in [3.63, 3.8) is 0 Å². The van der Waals surface area contributed by atoms with E-state index in [4.69, 9.17) is 10.00 Å². The summed E-state index contributed by atoms with van der Waals surface area (Å²) in [7, 11) is 5.59. The highest BCUT2D eigenvalue weighted by molar-refractivity contribution is 14.0. The van der Waals surface area contributed by atoms with Gasteiger partial charge in [-0.05, 0) is 31.2 Å². The van der Waals surface area contributed by atoms with Crippen molar-refractivity contribution < 1.29 is 4.74 Å². The van der Waals surface area contributed by atoms with Crippen LogP contribution in [0.25, 0.3) is 0 Å². The Balaban J connectivity index is 0.00000529. The summed E-state index contributed by atoms with van der Waals surface area (Å²) in [5.74, 6) is 0.777. The van der Waals surface area contributed by atoms with E-state index in [2.05, 4.69) is 33.6 Å². The number of rotatable bonds is 9. The normalized spacial score (nSPS) is 10.9. The summed E-state index contributed by atoms with van der Waals surface area (Å²) in [4.78, 5) is 6.48. The van der Waals surface area contributed by atoms with Gasteiger partial charge in [-0.1, -0.05) is 12.1 Å². The van der Waals surface area contributed by atoms with E-state index in [9.17, 15) is 0 Å². The fourth-order valence-electron chi connectivity index (χ4n) is 2.06. The smallest absolute Gasteiger partial charge is 0.191 e. The molecule has 0 aromatic heterocycles. The van der Waals surface area contributed by atoms with Gasteiger partial charge < -0.3 is 20.3 Å². The Kier molecular flexibility index (Phi) is 13.2. The van der Waals surface area contributed by atoms with Crippen LogP contribution in [0.1, 0.15) is 17.5 Å². The third-order valence-corrected chi connectivity index (χ3v) is 3.44. The summed E-state index contributed by atoms with van der Waals surface area (Å²) in [6.07, 6.45) is 1.04. The lowest BCUT2D eigenvalue weighted by molar-refractivity contribution is 0.180. The number of hydrogen-bond donors (Lipinski definition) is 2. The molecule has 7 heteroatoms. The zero-order chi connectivity index (χ0) is 16.9. The van der Waals surface area contributed by atoms with Gasteiger partial charge in [0.15, 0.2) is 5.96 Å². The van der Waals surface area contributed by atoms with Crippen molar-refractivity contribution in [3.05, 3.63) is 35.4 Å². The first-order valence-electron chi connectivity index (χ1n) is 7.80. The van der Waals surface area contributed by atoms with Crippen molar-refractivity contribution in [3.8, 4) is 6.07 Å². The molecule has 1 aromatic carbocycles. The molecule has 0 radical (unpaired) electrons. The van der Waals surface area contributed by atoms with Crippen LogP contribution >= 0.6 is 24.0 Å². The van der Waals surface area contributed by atoms with Crippen LogP contribution in [0.5, 0.6) is 0 Å². The maximum absolute atomic E-state index is 8.79. The van der Waals surface area contributed by atoms with E-state index in [-0.39, 0.29) is 24.0 Å². The summed E-state index contributed by atoms with van der Waals surface area (Å²) in [5, 5.41) is 15.4. The van der Waals surface area contributed by atoms with E-state index < -0.39 is 0 Å². The van der Waals surface area contributed by atoms with Crippen LogP contribution in [-0.4, -0.2) is 58.3 Å². The first-order chi connectivity index (χ1) is 11.2. The molecule has 0 spiro atoms. The molecule has 0 aliphatic rings. The van der Waals surface area contributed by atoms with Crippen molar-refractivity contribution in [2.45, 2.75) is 13.0 Å². The van der Waals surface area contributed by atoms with Gasteiger partial charge in [0.25, 0.3) is 0 Å². The zero-order valence-corrected chi connectivity index (χ0v) is 17.0. The molecule has 0 unspecified atom stereocenters. The number of nitrogens with one attached hydrogen (secondary N) is 2. The highest BCUT2D eigenvalue weighted by atomic mass is 127. The first kappa shape index (κ1) is 22.6. The number of ether oxygens (including phenoxy) is 1. The number of halogens is 1. The van der Waals surface area contributed by atoms with Crippen LogP contribution in [-0.2, 0) is 11.3 Å². The topological polar surface area (TPSA) is 72.7 Å². The Bertz CT molecular complexity index is 513. The number of likely N-dealkylation sites (N-methyl/N-ethyl adjacent to an activating group) is 1. The van der Waals surface area contributed by atoms with Gasteiger partial charge in [-0.3, -0.25) is 4.99 Å². The van der Waals surface area contributed by atoms with Crippen LogP contribution in [0.2, 0.25) is 0 Å². The predicted molar refractivity (Wildman–Crippen MR) is 109 cm³/mol. The minimum atomic E-state index is 0. The van der Waals surface area contributed by atoms with E-state index in [1.807, 2.05) is 24.3 Å². The molecule has 1 aromatic rings. The average Bonchev–Trinajstić information content (AvgIpc) is 2.58. The number of benzene rings is 1. The maximum Gasteiger partial charge on any atom is 0.191 e. The van der Waals surface area contributed by atoms with Crippen molar-refractivity contribution in [2.75, 3.05) is 47.4 Å². The largest absolute Gasteiger partial charge is 0.385 e. The summed E-state index contributed by atoms with van der Waals surface area (Å²) in [6.45, 7) is 4.27. The van der Waals surface area contributed by atoms with Crippen LogP contribution < -0.4 is 10.6 Å². The number of aliphatic imine (C=N–C) groups is 1. The Morgan fingerprint density at radius 2 is 1.96 bits per heavy atom. The second kappa shape index (κ2) is 14.0. The van der Waals surface area contributed by atoms with Crippen molar-refractivity contribution >= 4 is 29.9 Å². The second-order valence-electron chi connectivity index (χ2n) is 5.31. The Morgan fingerprint density at radius 1 is 1.25 bits per heavy atom. The van der Waals surface area contributed by atoms with Gasteiger partial charge in [0.05, 0.1) is 11.6 Å². The Labute approximate surface area is 162 Å². The molecular formula is C17H28IN5O. The molecule has 0 saturated heterocycles. The molecule has 0 atom stereocenters. The number of guanidine groups is 1. The molecule has 6 nitrogen and oxygen atoms in total. The van der Waals surface area contributed by atoms with Gasteiger partial charge in [0.1, 0.15) is 0 Å². The quantitative estimate of drug-likeness (QED) is 0.263. The third kappa shape index (κ3) is 9.70. The number of nitriles is 1. The van der Waals surface area contributed by atoms with Crippen LogP contribution in [0.15, 0.2) is 29.3 Å². The number of hydrogen-bond acceptors (Lipinski definition) is 4. The summed E-state index contributed by atoms with van der Waals surface area (Å²) in [5.41, 5.74) is 1.79. The van der Waals surface area contributed by atoms with Crippen LogP contribution in [0, 0.1) is 11.3 Å². The molecule has 0 aliphatic heterocycles. The molecule has 0 heterocycles. The van der Waals surface area contributed by atoms with Gasteiger partial charge in [-0.2, -0.15) is 5.26 Å². The molecular weight excluding hydrogens is 417 g/mol. The molecule has 0 saturated carbocycles. The standard InChI is InChI=1S/C17H27N5O.HI/c1-19-17(20-9-11-22(2)10-4-12-23-3)21-14-16-7-5-15(13-18)6-8-16;/h5-8H,4,9-12,14H2,1-3H3,(H2,19,20,21);1H. The predicted octanol–water partition coefficient (Wildman–Crippen LogP) is 1.81. The minimum Gasteiger partial charge on any atom is -0.385 e. The molecule has 2 N–H and O–H groups in total. The van der Waals surface area contributed by atoms with E-state index in [1.54, 1.807) is 14.2 Å². The van der Waals surface area contributed by atoms with Gasteiger partial charge in [0.2, 0.25) is 0 Å². The highest BCUT2D eigenvalue weighted by Crippen LogP contribution is 2.02. The Morgan fingerprint density at radius 3 is 2.54 bits per heavy atom. The second-order valence-corrected chi connectivity index (χ2v) is 5.31. The van der Waals surface area contributed by atoms with E-state index in [1.165, 1.54) is 0 Å². The summed E-state index contributed by atoms with van der Waals surface area (Å²) in [6, 6.07) is 9.65. The molecule has 0 bridgehead atoms. The fourth-order valence-corrected chi connectivity index (χ4v) is 2.06. The number of nitrogens with zero attached hydrogens (tertiary/aromatic N) is 3. The van der Waals surface area contributed by atoms with E-state index in [0.29, 0.717) is 12.1 Å². The molecule has 0 aliphatic carbocycles. The van der Waals surface area contributed by atoms with Crippen LogP contribution in [0.4, 0.5) is 0 Å². The third-order valence-electron chi connectivity index (χ3n) is 3.44. The van der Waals surface area contributed by atoms with Gasteiger partial charge in [0, 0.05) is 46.9 Å². The van der Waals surface area contributed by atoms with E-state index >= 15 is 0 Å². The maximum atomic E-state index is 8.79. The summed E-state index contributed by atoms with van der Waals surface area (Å²) >= 11 is 0. The fraction of sp³-hybridized carbons (Fsp3) is 0.529. The molecule has 0 fully saturated rings. The molecule has 1 rings (SSSR count). The van der Waals surface area contributed by atoms with Gasteiger partial charge >= 0.3 is 0 Å². The van der Waals surface area contributed by atoms with Crippen molar-refractivity contribution in [1.29, 1.82) is 5.26 Å². The lowest BCUT2D eigenvalue weighted by Gasteiger charge is -2.18. The van der Waals surface area contributed by atoms with Crippen molar-refractivity contribution in [1.82, 2.24) is 15.5 Å². The molecule has 134 valence electrons. The molecule has 0 amide bonds. The van der Waals surface area contributed by atoms with Crippen molar-refractivity contribution in [2.24, 2.45) is 4.99 Å². The number of methoxy groups -OCH3 is 1. The Hall–Kier alpha value is -1.37. The lowest BCUT2D eigenvalue weighted by atomic mass is 10.1. The first-order valence-corrected chi connectivity index (χ1v) is 7.80. The molecule has 24 heavy (non-hydrogen) atoms. The summed E-state index contributed by atoms with van der Waals surface area (Å²) < 4.78 is 5.05. The average molecular weight is 445 g/mol. The monoisotopic (exact) mass is 445 g/mol. The SMILES string of the molecule is CN=C(NCCN(C)CCCOC)NCc1ccc(C#N)cc1.I. The lowest BCUT2D eigenvalue weighted by Crippen LogP contribution is -2.40. The highest BCUT2D eigenvalue weighted by Gasteiger charge is 2.01. The van der Waals surface area contributed by atoms with E-state index in [0.717, 1.165) is 44.2 Å². The van der Waals surface area contributed by atoms with Gasteiger partial charge in [-0.15, -0.1) is 24.0 Å². The minimum absolute atomic E-state index is 0. The van der Waals surface area contributed by atoms with Gasteiger partial charge in [-0.25, -0.2) is 0 Å². The van der Waals surface area contributed by atoms with Crippen LogP contribution in [0.3, 0.4) is 0 Å². The zero-order valence-electron chi connectivity index (χ0n) is 14.7.